The number of carbonyl (C=O) groups excluding carboxylic acids is 1. The van der Waals surface area contributed by atoms with Crippen LogP contribution in [0.1, 0.15) is 32.8 Å². The Morgan fingerprint density at radius 1 is 1.10 bits per heavy atom. The standard InChI is InChI=1S/C17H29N3O/c1-6-11-20(13-12-19(4)5)16(21)17(2,3)14-7-9-15(18)10-8-14/h7-10H,6,11-13,18H2,1-5H3. The van der Waals surface area contributed by atoms with Crippen molar-refractivity contribution in [2.45, 2.75) is 32.6 Å². The number of benzene rings is 1. The third kappa shape index (κ3) is 4.74. The van der Waals surface area contributed by atoms with Gasteiger partial charge in [-0.25, -0.2) is 0 Å². The van der Waals surface area contributed by atoms with Gasteiger partial charge in [0.15, 0.2) is 0 Å². The molecular formula is C17H29N3O. The van der Waals surface area contributed by atoms with Gasteiger partial charge in [0, 0.05) is 25.3 Å². The second kappa shape index (κ2) is 7.46. The molecule has 4 nitrogen and oxygen atoms in total. The number of rotatable bonds is 7. The number of carbonyl (C=O) groups is 1. The molecule has 0 aliphatic heterocycles. The predicted molar refractivity (Wildman–Crippen MR) is 89.3 cm³/mol. The Hall–Kier alpha value is -1.55. The van der Waals surface area contributed by atoms with Crippen LogP contribution in [-0.2, 0) is 10.2 Å². The van der Waals surface area contributed by atoms with Crippen LogP contribution in [0, 0.1) is 0 Å². The van der Waals surface area contributed by atoms with E-state index in [9.17, 15) is 4.79 Å². The maximum Gasteiger partial charge on any atom is 0.232 e. The van der Waals surface area contributed by atoms with E-state index in [-0.39, 0.29) is 5.91 Å². The molecule has 21 heavy (non-hydrogen) atoms. The van der Waals surface area contributed by atoms with E-state index in [1.165, 1.54) is 0 Å². The first-order chi connectivity index (χ1) is 9.78. The van der Waals surface area contributed by atoms with Gasteiger partial charge in [-0.3, -0.25) is 4.79 Å². The number of nitrogens with zero attached hydrogens (tertiary/aromatic N) is 2. The van der Waals surface area contributed by atoms with E-state index in [1.807, 2.05) is 57.1 Å². The summed E-state index contributed by atoms with van der Waals surface area (Å²) in [6, 6.07) is 7.61. The van der Waals surface area contributed by atoms with Gasteiger partial charge >= 0.3 is 0 Å². The fourth-order valence-electron chi connectivity index (χ4n) is 2.32. The summed E-state index contributed by atoms with van der Waals surface area (Å²) in [5.74, 6) is 0.177. The van der Waals surface area contributed by atoms with E-state index in [2.05, 4.69) is 11.8 Å². The smallest absolute Gasteiger partial charge is 0.232 e. The van der Waals surface area contributed by atoms with Crippen molar-refractivity contribution in [1.82, 2.24) is 9.80 Å². The minimum absolute atomic E-state index is 0.177. The van der Waals surface area contributed by atoms with Crippen molar-refractivity contribution in [3.8, 4) is 0 Å². The predicted octanol–water partition coefficient (Wildman–Crippen LogP) is 2.35. The average Bonchev–Trinajstić information content (AvgIpc) is 2.43. The van der Waals surface area contributed by atoms with Crippen molar-refractivity contribution in [2.75, 3.05) is 39.5 Å². The van der Waals surface area contributed by atoms with E-state index >= 15 is 0 Å². The number of nitrogens with two attached hydrogens (primary N) is 1. The van der Waals surface area contributed by atoms with E-state index in [0.29, 0.717) is 0 Å². The zero-order valence-corrected chi connectivity index (χ0v) is 14.0. The van der Waals surface area contributed by atoms with E-state index in [0.717, 1.165) is 37.3 Å². The number of hydrogen-bond acceptors (Lipinski definition) is 3. The molecule has 0 atom stereocenters. The number of nitrogen functional groups attached to an aromatic ring is 1. The fraction of sp³-hybridized carbons (Fsp3) is 0.588. The molecule has 1 aromatic carbocycles. The Labute approximate surface area is 128 Å². The Balaban J connectivity index is 2.91. The molecule has 0 aromatic heterocycles. The lowest BCUT2D eigenvalue weighted by Gasteiger charge is -2.33. The maximum atomic E-state index is 12.9. The Bertz CT molecular complexity index is 452. The van der Waals surface area contributed by atoms with Crippen molar-refractivity contribution in [2.24, 2.45) is 0 Å². The Morgan fingerprint density at radius 2 is 1.67 bits per heavy atom. The molecule has 0 fully saturated rings. The van der Waals surface area contributed by atoms with Gasteiger partial charge in [0.1, 0.15) is 0 Å². The lowest BCUT2D eigenvalue weighted by Crippen LogP contribution is -2.46. The summed E-state index contributed by atoms with van der Waals surface area (Å²) in [6.45, 7) is 8.51. The first kappa shape index (κ1) is 17.5. The first-order valence-electron chi connectivity index (χ1n) is 7.59. The van der Waals surface area contributed by atoms with Crippen molar-refractivity contribution in [1.29, 1.82) is 0 Å². The summed E-state index contributed by atoms with van der Waals surface area (Å²) in [6.07, 6.45) is 0.969. The number of likely N-dealkylation sites (N-methyl/N-ethyl adjacent to an activating group) is 1. The fourth-order valence-corrected chi connectivity index (χ4v) is 2.32. The highest BCUT2D eigenvalue weighted by molar-refractivity contribution is 5.87. The van der Waals surface area contributed by atoms with Gasteiger partial charge in [0.25, 0.3) is 0 Å². The lowest BCUT2D eigenvalue weighted by molar-refractivity contribution is -0.136. The molecule has 0 aliphatic carbocycles. The summed E-state index contributed by atoms with van der Waals surface area (Å²) in [5.41, 5.74) is 6.93. The van der Waals surface area contributed by atoms with Gasteiger partial charge in [0.05, 0.1) is 5.41 Å². The normalized spacial score (nSPS) is 11.7. The highest BCUT2D eigenvalue weighted by Crippen LogP contribution is 2.26. The number of hydrogen-bond donors (Lipinski definition) is 1. The Kier molecular flexibility index (Phi) is 6.21. The van der Waals surface area contributed by atoms with Crippen molar-refractivity contribution >= 4 is 11.6 Å². The van der Waals surface area contributed by atoms with Gasteiger partial charge < -0.3 is 15.5 Å². The molecule has 0 saturated heterocycles. The van der Waals surface area contributed by atoms with Gasteiger partial charge in [-0.1, -0.05) is 19.1 Å². The molecule has 2 N–H and O–H groups in total. The molecule has 1 amide bonds. The Morgan fingerprint density at radius 3 is 2.14 bits per heavy atom. The summed E-state index contributed by atoms with van der Waals surface area (Å²) >= 11 is 0. The molecule has 1 aromatic rings. The minimum Gasteiger partial charge on any atom is -0.399 e. The van der Waals surface area contributed by atoms with Crippen molar-refractivity contribution in [3.05, 3.63) is 29.8 Å². The van der Waals surface area contributed by atoms with Crippen LogP contribution in [0.3, 0.4) is 0 Å². The quantitative estimate of drug-likeness (QED) is 0.785. The van der Waals surface area contributed by atoms with Crippen LogP contribution >= 0.6 is 0 Å². The SMILES string of the molecule is CCCN(CCN(C)C)C(=O)C(C)(C)c1ccc(N)cc1. The van der Waals surface area contributed by atoms with E-state index < -0.39 is 5.41 Å². The minimum atomic E-state index is -0.533. The average molecular weight is 291 g/mol. The molecule has 118 valence electrons. The molecular weight excluding hydrogens is 262 g/mol. The van der Waals surface area contributed by atoms with Gasteiger partial charge in [-0.15, -0.1) is 0 Å². The topological polar surface area (TPSA) is 49.6 Å². The van der Waals surface area contributed by atoms with Crippen molar-refractivity contribution in [3.63, 3.8) is 0 Å². The van der Waals surface area contributed by atoms with Gasteiger partial charge in [-0.2, -0.15) is 0 Å². The molecule has 1 rings (SSSR count). The van der Waals surface area contributed by atoms with Crippen LogP contribution in [0.5, 0.6) is 0 Å². The van der Waals surface area contributed by atoms with Crippen LogP contribution < -0.4 is 5.73 Å². The number of anilines is 1. The van der Waals surface area contributed by atoms with Gasteiger partial charge in [-0.05, 0) is 52.1 Å². The molecule has 0 spiro atoms. The zero-order chi connectivity index (χ0) is 16.0. The number of amides is 1. The van der Waals surface area contributed by atoms with Crippen LogP contribution in [0.15, 0.2) is 24.3 Å². The molecule has 0 radical (unpaired) electrons. The summed E-state index contributed by atoms with van der Waals surface area (Å²) in [5, 5.41) is 0. The maximum absolute atomic E-state index is 12.9. The van der Waals surface area contributed by atoms with Crippen LogP contribution in [-0.4, -0.2) is 49.4 Å². The van der Waals surface area contributed by atoms with Gasteiger partial charge in [0.2, 0.25) is 5.91 Å². The third-order valence-corrected chi connectivity index (χ3v) is 3.76. The first-order valence-corrected chi connectivity index (χ1v) is 7.59. The summed E-state index contributed by atoms with van der Waals surface area (Å²) in [4.78, 5) is 17.0. The van der Waals surface area contributed by atoms with Crippen molar-refractivity contribution < 1.29 is 4.79 Å². The highest BCUT2D eigenvalue weighted by Gasteiger charge is 2.33. The second-order valence-corrected chi connectivity index (χ2v) is 6.34. The van der Waals surface area contributed by atoms with E-state index in [4.69, 9.17) is 5.73 Å². The molecule has 0 saturated carbocycles. The second-order valence-electron chi connectivity index (χ2n) is 6.34. The van der Waals surface area contributed by atoms with Crippen LogP contribution in [0.2, 0.25) is 0 Å². The van der Waals surface area contributed by atoms with E-state index in [1.54, 1.807) is 0 Å². The summed E-state index contributed by atoms with van der Waals surface area (Å²) < 4.78 is 0. The zero-order valence-electron chi connectivity index (χ0n) is 14.0. The molecule has 0 unspecified atom stereocenters. The largest absolute Gasteiger partial charge is 0.399 e. The lowest BCUT2D eigenvalue weighted by atomic mass is 9.83. The van der Waals surface area contributed by atoms with Crippen LogP contribution in [0.4, 0.5) is 5.69 Å². The molecule has 0 aliphatic rings. The molecule has 0 bridgehead atoms. The monoisotopic (exact) mass is 291 g/mol. The summed E-state index contributed by atoms with van der Waals surface area (Å²) in [7, 11) is 4.05. The third-order valence-electron chi connectivity index (χ3n) is 3.76. The molecule has 0 heterocycles. The highest BCUT2D eigenvalue weighted by atomic mass is 16.2. The molecule has 4 heteroatoms. The van der Waals surface area contributed by atoms with Crippen LogP contribution in [0.25, 0.3) is 0 Å².